The number of amides is 2. The Kier molecular flexibility index (Phi) is 8.64. The number of hydrogen-bond donors (Lipinski definition) is 5. The fourth-order valence-corrected chi connectivity index (χ4v) is 7.53. The number of aliphatic hydroxyl groups excluding tert-OH is 2. The van der Waals surface area contributed by atoms with E-state index in [1.807, 2.05) is 20.8 Å². The first kappa shape index (κ1) is 31.1. The van der Waals surface area contributed by atoms with Gasteiger partial charge in [0.2, 0.25) is 11.8 Å². The standard InChI is InChI=1S/C31H37Cl2F2N3O4/c1-30(2,3)14-25-31(17-12-21(35)19(33)13-22(17)37-29(31)42)26(16-6-7-20(34)18(32)11-16)27(38-25)28(41)36-8-4-5-15-9-23(39)24(40)10-15/h6-7,11-13,15,23-27,38-40H,4-5,8-10,14H2,1-3H3,(H,36,41)(H,37,42)/t15?,23-,24+,25-,26+,27-,31+/m1/s1. The molecule has 228 valence electrons. The van der Waals surface area contributed by atoms with Crippen molar-refractivity contribution in [1.29, 1.82) is 0 Å². The van der Waals surface area contributed by atoms with Crippen LogP contribution in [0.15, 0.2) is 30.3 Å². The number of fused-ring (bicyclic) bond motifs is 2. The van der Waals surface area contributed by atoms with Crippen molar-refractivity contribution >= 4 is 40.7 Å². The number of benzene rings is 2. The quantitative estimate of drug-likeness (QED) is 0.277. The van der Waals surface area contributed by atoms with Crippen molar-refractivity contribution < 1.29 is 28.6 Å². The topological polar surface area (TPSA) is 111 Å². The number of anilines is 1. The molecular formula is C31H37Cl2F2N3O4. The molecule has 5 rings (SSSR count). The van der Waals surface area contributed by atoms with Gasteiger partial charge in [-0.1, -0.05) is 50.0 Å². The summed E-state index contributed by atoms with van der Waals surface area (Å²) >= 11 is 12.3. The lowest BCUT2D eigenvalue weighted by Crippen LogP contribution is -2.49. The first-order valence-electron chi connectivity index (χ1n) is 14.4. The van der Waals surface area contributed by atoms with Crippen LogP contribution >= 0.6 is 23.2 Å². The fraction of sp³-hybridized carbons (Fsp3) is 0.548. The summed E-state index contributed by atoms with van der Waals surface area (Å²) in [5, 5.41) is 28.7. The molecule has 2 aromatic rings. The molecule has 5 N–H and O–H groups in total. The lowest BCUT2D eigenvalue weighted by atomic mass is 9.62. The van der Waals surface area contributed by atoms with Crippen molar-refractivity contribution in [3.05, 3.63) is 63.1 Å². The SMILES string of the molecule is CC(C)(C)C[C@H]1N[C@@H](C(=O)NCCCC2C[C@@H](O)[C@@H](O)C2)[C@H](c2ccc(F)c(Cl)c2)[C@@]12C(=O)Nc1cc(Cl)c(F)cc12. The second kappa shape index (κ2) is 11.7. The summed E-state index contributed by atoms with van der Waals surface area (Å²) in [6, 6.07) is 5.28. The summed E-state index contributed by atoms with van der Waals surface area (Å²) in [4.78, 5) is 28.0. The van der Waals surface area contributed by atoms with E-state index in [0.717, 1.165) is 6.42 Å². The highest BCUT2D eigenvalue weighted by Gasteiger charge is 2.66. The summed E-state index contributed by atoms with van der Waals surface area (Å²) in [6.07, 6.45) is 1.46. The minimum absolute atomic E-state index is 0.137. The van der Waals surface area contributed by atoms with Crippen molar-refractivity contribution in [2.24, 2.45) is 11.3 Å². The monoisotopic (exact) mass is 623 g/mol. The first-order valence-corrected chi connectivity index (χ1v) is 15.1. The highest BCUT2D eigenvalue weighted by Crippen LogP contribution is 2.57. The molecule has 1 saturated carbocycles. The number of halogens is 4. The van der Waals surface area contributed by atoms with Gasteiger partial charge in [-0.3, -0.25) is 9.59 Å². The van der Waals surface area contributed by atoms with Gasteiger partial charge in [-0.2, -0.15) is 0 Å². The van der Waals surface area contributed by atoms with Gasteiger partial charge in [0.15, 0.2) is 0 Å². The van der Waals surface area contributed by atoms with Gasteiger partial charge in [0, 0.05) is 24.2 Å². The Bertz CT molecular complexity index is 1380. The van der Waals surface area contributed by atoms with Gasteiger partial charge >= 0.3 is 0 Å². The van der Waals surface area contributed by atoms with Gasteiger partial charge in [-0.05, 0) is 78.8 Å². The summed E-state index contributed by atoms with van der Waals surface area (Å²) in [7, 11) is 0. The minimum atomic E-state index is -1.42. The maximum Gasteiger partial charge on any atom is 0.237 e. The van der Waals surface area contributed by atoms with Gasteiger partial charge in [0.25, 0.3) is 0 Å². The van der Waals surface area contributed by atoms with Crippen LogP contribution in [0, 0.1) is 23.0 Å². The van der Waals surface area contributed by atoms with Crippen LogP contribution in [-0.4, -0.2) is 52.9 Å². The molecule has 1 saturated heterocycles. The van der Waals surface area contributed by atoms with E-state index in [9.17, 15) is 24.2 Å². The van der Waals surface area contributed by atoms with Crippen LogP contribution in [-0.2, 0) is 15.0 Å². The third-order valence-electron chi connectivity index (χ3n) is 8.97. The van der Waals surface area contributed by atoms with Crippen LogP contribution in [0.5, 0.6) is 0 Å². The second-order valence-corrected chi connectivity index (χ2v) is 14.0. The van der Waals surface area contributed by atoms with Crippen LogP contribution < -0.4 is 16.0 Å². The average molecular weight is 625 g/mol. The number of carbonyl (C=O) groups excluding carboxylic acids is 2. The molecule has 7 atom stereocenters. The number of rotatable bonds is 7. The second-order valence-electron chi connectivity index (χ2n) is 13.2. The molecule has 11 heteroatoms. The van der Waals surface area contributed by atoms with Crippen LogP contribution in [0.25, 0.3) is 0 Å². The number of aliphatic hydroxyl groups is 2. The zero-order valence-corrected chi connectivity index (χ0v) is 25.3. The zero-order valence-electron chi connectivity index (χ0n) is 23.8. The van der Waals surface area contributed by atoms with E-state index in [4.69, 9.17) is 23.2 Å². The normalized spacial score (nSPS) is 30.5. The minimum Gasteiger partial charge on any atom is -0.390 e. The molecule has 2 aromatic carbocycles. The van der Waals surface area contributed by atoms with Gasteiger partial charge in [-0.15, -0.1) is 0 Å². The van der Waals surface area contributed by atoms with E-state index in [2.05, 4.69) is 16.0 Å². The summed E-state index contributed by atoms with van der Waals surface area (Å²) in [5.74, 6) is -2.76. The van der Waals surface area contributed by atoms with Gasteiger partial charge in [-0.25, -0.2) is 8.78 Å². The molecule has 42 heavy (non-hydrogen) atoms. The fourth-order valence-electron chi connectivity index (χ4n) is 7.18. The van der Waals surface area contributed by atoms with Gasteiger partial charge in [0.1, 0.15) is 17.0 Å². The molecule has 1 spiro atoms. The molecular weight excluding hydrogens is 587 g/mol. The van der Waals surface area contributed by atoms with Gasteiger partial charge < -0.3 is 26.2 Å². The lowest BCUT2D eigenvalue weighted by molar-refractivity contribution is -0.123. The molecule has 1 aliphatic carbocycles. The number of hydrogen-bond acceptors (Lipinski definition) is 5. The summed E-state index contributed by atoms with van der Waals surface area (Å²) in [6.45, 7) is 6.41. The molecule has 3 aliphatic rings. The van der Waals surface area contributed by atoms with Crippen LogP contribution in [0.1, 0.15) is 69.9 Å². The Morgan fingerprint density at radius 2 is 1.74 bits per heavy atom. The van der Waals surface area contributed by atoms with Crippen molar-refractivity contribution in [3.8, 4) is 0 Å². The molecule has 0 radical (unpaired) electrons. The highest BCUT2D eigenvalue weighted by molar-refractivity contribution is 6.31. The van der Waals surface area contributed by atoms with Crippen molar-refractivity contribution in [1.82, 2.24) is 10.6 Å². The van der Waals surface area contributed by atoms with E-state index in [-0.39, 0.29) is 27.3 Å². The van der Waals surface area contributed by atoms with Crippen LogP contribution in [0.3, 0.4) is 0 Å². The molecule has 0 bridgehead atoms. The Morgan fingerprint density at radius 3 is 2.38 bits per heavy atom. The van der Waals surface area contributed by atoms with Crippen LogP contribution in [0.2, 0.25) is 10.0 Å². The maximum atomic E-state index is 15.0. The lowest BCUT2D eigenvalue weighted by Gasteiger charge is -2.37. The summed E-state index contributed by atoms with van der Waals surface area (Å²) in [5.41, 5.74) is -0.487. The number of carbonyl (C=O) groups is 2. The largest absolute Gasteiger partial charge is 0.390 e. The van der Waals surface area contributed by atoms with E-state index < -0.39 is 53.2 Å². The molecule has 2 amide bonds. The van der Waals surface area contributed by atoms with E-state index in [1.54, 1.807) is 0 Å². The van der Waals surface area contributed by atoms with Crippen molar-refractivity contribution in [2.75, 3.05) is 11.9 Å². The summed E-state index contributed by atoms with van der Waals surface area (Å²) < 4.78 is 29.3. The third kappa shape index (κ3) is 5.66. The first-order chi connectivity index (χ1) is 19.7. The smallest absolute Gasteiger partial charge is 0.237 e. The van der Waals surface area contributed by atoms with Crippen molar-refractivity contribution in [2.45, 2.75) is 88.5 Å². The Hall–Kier alpha value is -2.30. The molecule has 2 heterocycles. The Morgan fingerprint density at radius 1 is 1.07 bits per heavy atom. The zero-order chi connectivity index (χ0) is 30.6. The predicted octanol–water partition coefficient (Wildman–Crippen LogP) is 5.05. The van der Waals surface area contributed by atoms with E-state index >= 15 is 4.39 Å². The molecule has 2 fully saturated rings. The molecule has 0 aromatic heterocycles. The third-order valence-corrected chi connectivity index (χ3v) is 9.55. The molecule has 2 aliphatic heterocycles. The molecule has 1 unspecified atom stereocenters. The number of nitrogens with one attached hydrogen (secondary N) is 3. The van der Waals surface area contributed by atoms with Gasteiger partial charge in [0.05, 0.1) is 28.3 Å². The van der Waals surface area contributed by atoms with Crippen LogP contribution in [0.4, 0.5) is 14.5 Å². The predicted molar refractivity (Wildman–Crippen MR) is 158 cm³/mol. The Labute approximate surface area is 254 Å². The average Bonchev–Trinajstić information content (AvgIpc) is 3.50. The van der Waals surface area contributed by atoms with E-state index in [0.29, 0.717) is 49.0 Å². The Balaban J connectivity index is 1.52. The highest BCUT2D eigenvalue weighted by atomic mass is 35.5. The van der Waals surface area contributed by atoms with E-state index in [1.165, 1.54) is 30.3 Å². The molecule has 7 nitrogen and oxygen atoms in total. The van der Waals surface area contributed by atoms with Crippen molar-refractivity contribution in [3.63, 3.8) is 0 Å². The maximum absolute atomic E-state index is 15.0.